The Kier molecular flexibility index (Phi) is 1.68. The topological polar surface area (TPSA) is 38.4 Å². The SMILES string of the molecule is CC(=NN)C1=CC=CC1. The Morgan fingerprint density at radius 1 is 1.78 bits per heavy atom. The minimum atomic E-state index is 0.931. The summed E-state index contributed by atoms with van der Waals surface area (Å²) < 4.78 is 0. The van der Waals surface area contributed by atoms with Crippen molar-refractivity contribution in [2.45, 2.75) is 13.3 Å². The van der Waals surface area contributed by atoms with Crippen LogP contribution in [-0.4, -0.2) is 5.71 Å². The van der Waals surface area contributed by atoms with Crippen molar-refractivity contribution in [2.24, 2.45) is 10.9 Å². The first-order chi connectivity index (χ1) is 4.34. The first-order valence-electron chi connectivity index (χ1n) is 2.95. The first-order valence-corrected chi connectivity index (χ1v) is 2.95. The second kappa shape index (κ2) is 2.49. The van der Waals surface area contributed by atoms with Gasteiger partial charge in [0.1, 0.15) is 0 Å². The van der Waals surface area contributed by atoms with Gasteiger partial charge in [-0.25, -0.2) is 0 Å². The summed E-state index contributed by atoms with van der Waals surface area (Å²) in [6.07, 6.45) is 7.12. The minimum Gasteiger partial charge on any atom is -0.323 e. The van der Waals surface area contributed by atoms with Crippen LogP contribution in [0.1, 0.15) is 13.3 Å². The molecule has 0 fully saturated rings. The predicted octanol–water partition coefficient (Wildman–Crippen LogP) is 1.21. The maximum atomic E-state index is 5.07. The first kappa shape index (κ1) is 6.08. The van der Waals surface area contributed by atoms with Gasteiger partial charge >= 0.3 is 0 Å². The normalized spacial score (nSPS) is 18.3. The molecular weight excluding hydrogens is 112 g/mol. The zero-order chi connectivity index (χ0) is 6.69. The van der Waals surface area contributed by atoms with Gasteiger partial charge in [0.25, 0.3) is 0 Å². The van der Waals surface area contributed by atoms with Crippen molar-refractivity contribution >= 4 is 5.71 Å². The summed E-state index contributed by atoms with van der Waals surface area (Å²) in [7, 11) is 0. The molecule has 0 aromatic carbocycles. The minimum absolute atomic E-state index is 0.931. The van der Waals surface area contributed by atoms with E-state index < -0.39 is 0 Å². The maximum Gasteiger partial charge on any atom is 0.0604 e. The third kappa shape index (κ3) is 1.19. The van der Waals surface area contributed by atoms with Crippen LogP contribution in [0.5, 0.6) is 0 Å². The summed E-state index contributed by atoms with van der Waals surface area (Å²) in [6, 6.07) is 0. The van der Waals surface area contributed by atoms with E-state index in [1.165, 1.54) is 5.57 Å². The molecule has 0 radical (unpaired) electrons. The van der Waals surface area contributed by atoms with Crippen LogP contribution >= 0.6 is 0 Å². The Bertz CT molecular complexity index is 187. The number of hydrogen-bond acceptors (Lipinski definition) is 2. The fourth-order valence-electron chi connectivity index (χ4n) is 0.798. The Labute approximate surface area is 54.7 Å². The number of nitrogens with two attached hydrogens (primary N) is 1. The molecule has 2 heteroatoms. The van der Waals surface area contributed by atoms with Crippen molar-refractivity contribution in [3.8, 4) is 0 Å². The maximum absolute atomic E-state index is 5.07. The number of nitrogens with zero attached hydrogens (tertiary/aromatic N) is 1. The molecule has 1 aliphatic carbocycles. The summed E-state index contributed by atoms with van der Waals surface area (Å²) in [5, 5.41) is 3.58. The second-order valence-electron chi connectivity index (χ2n) is 2.04. The second-order valence-corrected chi connectivity index (χ2v) is 2.04. The number of hydrogen-bond donors (Lipinski definition) is 1. The fourth-order valence-corrected chi connectivity index (χ4v) is 0.798. The highest BCUT2D eigenvalue weighted by Crippen LogP contribution is 2.10. The molecule has 0 aromatic heterocycles. The Balaban J connectivity index is 2.66. The lowest BCUT2D eigenvalue weighted by atomic mass is 10.1. The van der Waals surface area contributed by atoms with Gasteiger partial charge in [0, 0.05) is 0 Å². The smallest absolute Gasteiger partial charge is 0.0604 e. The molecule has 9 heavy (non-hydrogen) atoms. The van der Waals surface area contributed by atoms with E-state index in [0.717, 1.165) is 12.1 Å². The molecule has 0 bridgehead atoms. The van der Waals surface area contributed by atoms with Gasteiger partial charge in [-0.2, -0.15) is 5.10 Å². The molecule has 0 amide bonds. The molecule has 0 heterocycles. The van der Waals surface area contributed by atoms with Gasteiger partial charge < -0.3 is 5.84 Å². The molecule has 0 spiro atoms. The molecule has 0 saturated heterocycles. The molecule has 0 unspecified atom stereocenters. The van der Waals surface area contributed by atoms with E-state index in [1.54, 1.807) is 0 Å². The Hall–Kier alpha value is -1.05. The average Bonchev–Trinajstić information content (AvgIpc) is 2.37. The number of rotatable bonds is 1. The highest BCUT2D eigenvalue weighted by atomic mass is 15.1. The zero-order valence-corrected chi connectivity index (χ0v) is 5.46. The van der Waals surface area contributed by atoms with Gasteiger partial charge in [-0.15, -0.1) is 0 Å². The molecule has 0 saturated carbocycles. The lowest BCUT2D eigenvalue weighted by Crippen LogP contribution is -1.98. The van der Waals surface area contributed by atoms with Crippen molar-refractivity contribution in [1.29, 1.82) is 0 Å². The zero-order valence-electron chi connectivity index (χ0n) is 5.46. The molecule has 0 aliphatic heterocycles. The van der Waals surface area contributed by atoms with Crippen molar-refractivity contribution in [3.63, 3.8) is 0 Å². The molecule has 1 rings (SSSR count). The average molecular weight is 122 g/mol. The van der Waals surface area contributed by atoms with Gasteiger partial charge in [0.05, 0.1) is 5.71 Å². The standard InChI is InChI=1S/C7H10N2/c1-6(9-8)7-4-2-3-5-7/h2-4H,5,8H2,1H3. The fraction of sp³-hybridized carbons (Fsp3) is 0.286. The molecule has 0 aromatic rings. The van der Waals surface area contributed by atoms with Crippen molar-refractivity contribution in [3.05, 3.63) is 23.8 Å². The summed E-state index contributed by atoms with van der Waals surface area (Å²) in [4.78, 5) is 0. The van der Waals surface area contributed by atoms with Crippen LogP contribution in [0.15, 0.2) is 28.9 Å². The van der Waals surface area contributed by atoms with E-state index in [2.05, 4.69) is 11.2 Å². The monoisotopic (exact) mass is 122 g/mol. The number of hydrazone groups is 1. The lowest BCUT2D eigenvalue weighted by Gasteiger charge is -1.95. The van der Waals surface area contributed by atoms with Crippen LogP contribution in [0.3, 0.4) is 0 Å². The summed E-state index contributed by atoms with van der Waals surface area (Å²) in [5.74, 6) is 5.07. The Morgan fingerprint density at radius 3 is 3.00 bits per heavy atom. The van der Waals surface area contributed by atoms with Gasteiger partial charge in [-0.3, -0.25) is 0 Å². The molecule has 48 valence electrons. The highest BCUT2D eigenvalue weighted by molar-refractivity contribution is 5.99. The third-order valence-electron chi connectivity index (χ3n) is 1.43. The van der Waals surface area contributed by atoms with Crippen LogP contribution in [0.2, 0.25) is 0 Å². The van der Waals surface area contributed by atoms with Crippen molar-refractivity contribution < 1.29 is 0 Å². The van der Waals surface area contributed by atoms with Gasteiger partial charge in [0.15, 0.2) is 0 Å². The summed E-state index contributed by atoms with van der Waals surface area (Å²) in [5.41, 5.74) is 2.15. The van der Waals surface area contributed by atoms with E-state index in [-0.39, 0.29) is 0 Å². The van der Waals surface area contributed by atoms with E-state index in [4.69, 9.17) is 5.84 Å². The van der Waals surface area contributed by atoms with E-state index in [9.17, 15) is 0 Å². The number of allylic oxidation sites excluding steroid dienone is 4. The van der Waals surface area contributed by atoms with E-state index in [1.807, 2.05) is 19.1 Å². The van der Waals surface area contributed by atoms with Crippen LogP contribution in [0, 0.1) is 0 Å². The molecule has 0 atom stereocenters. The van der Waals surface area contributed by atoms with Crippen LogP contribution in [-0.2, 0) is 0 Å². The molecule has 1 aliphatic rings. The predicted molar refractivity (Wildman–Crippen MR) is 39.1 cm³/mol. The quantitative estimate of drug-likeness (QED) is 0.317. The third-order valence-corrected chi connectivity index (χ3v) is 1.43. The largest absolute Gasteiger partial charge is 0.323 e. The van der Waals surface area contributed by atoms with E-state index >= 15 is 0 Å². The highest BCUT2D eigenvalue weighted by Gasteiger charge is 2.00. The van der Waals surface area contributed by atoms with E-state index in [0.29, 0.717) is 0 Å². The lowest BCUT2D eigenvalue weighted by molar-refractivity contribution is 1.21. The van der Waals surface area contributed by atoms with Gasteiger partial charge in [-0.1, -0.05) is 18.2 Å². The summed E-state index contributed by atoms with van der Waals surface area (Å²) in [6.45, 7) is 1.92. The van der Waals surface area contributed by atoms with Gasteiger partial charge in [0.2, 0.25) is 0 Å². The molecular formula is C7H10N2. The molecule has 2 nitrogen and oxygen atoms in total. The van der Waals surface area contributed by atoms with Crippen molar-refractivity contribution in [2.75, 3.05) is 0 Å². The van der Waals surface area contributed by atoms with Crippen LogP contribution in [0.4, 0.5) is 0 Å². The van der Waals surface area contributed by atoms with Crippen LogP contribution in [0.25, 0.3) is 0 Å². The van der Waals surface area contributed by atoms with Crippen molar-refractivity contribution in [1.82, 2.24) is 0 Å². The summed E-state index contributed by atoms with van der Waals surface area (Å²) >= 11 is 0. The van der Waals surface area contributed by atoms with Gasteiger partial charge in [-0.05, 0) is 18.9 Å². The Morgan fingerprint density at radius 2 is 2.56 bits per heavy atom. The van der Waals surface area contributed by atoms with Crippen LogP contribution < -0.4 is 5.84 Å². The molecule has 2 N–H and O–H groups in total.